The highest BCUT2D eigenvalue weighted by atomic mass is 15.2. The molecule has 1 saturated heterocycles. The molecule has 3 rings (SSSR count). The fourth-order valence-corrected chi connectivity index (χ4v) is 2.98. The SMILES string of the molecule is NC1CCCN(c2ncnc3c2CCCC3)C1. The summed E-state index contributed by atoms with van der Waals surface area (Å²) in [4.78, 5) is 11.3. The van der Waals surface area contributed by atoms with Gasteiger partial charge in [0.25, 0.3) is 0 Å². The monoisotopic (exact) mass is 232 g/mol. The van der Waals surface area contributed by atoms with Gasteiger partial charge in [0.2, 0.25) is 0 Å². The van der Waals surface area contributed by atoms with Gasteiger partial charge in [0.1, 0.15) is 12.1 Å². The van der Waals surface area contributed by atoms with Crippen LogP contribution in [0, 0.1) is 0 Å². The van der Waals surface area contributed by atoms with E-state index in [1.165, 1.54) is 30.5 Å². The van der Waals surface area contributed by atoms with Gasteiger partial charge in [0.15, 0.2) is 0 Å². The van der Waals surface area contributed by atoms with Gasteiger partial charge in [-0.15, -0.1) is 0 Å². The molecule has 1 atom stereocenters. The maximum Gasteiger partial charge on any atom is 0.135 e. The summed E-state index contributed by atoms with van der Waals surface area (Å²) in [6, 6.07) is 0.304. The number of hydrogen-bond donors (Lipinski definition) is 1. The van der Waals surface area contributed by atoms with E-state index in [4.69, 9.17) is 5.73 Å². The van der Waals surface area contributed by atoms with Crippen molar-refractivity contribution < 1.29 is 0 Å². The van der Waals surface area contributed by atoms with Gasteiger partial charge in [-0.3, -0.25) is 0 Å². The molecule has 0 saturated carbocycles. The van der Waals surface area contributed by atoms with E-state index in [9.17, 15) is 0 Å². The quantitative estimate of drug-likeness (QED) is 0.792. The Labute approximate surface area is 102 Å². The van der Waals surface area contributed by atoms with E-state index in [0.29, 0.717) is 6.04 Å². The van der Waals surface area contributed by atoms with Crippen LogP contribution in [-0.4, -0.2) is 29.1 Å². The van der Waals surface area contributed by atoms with Crippen molar-refractivity contribution in [3.8, 4) is 0 Å². The Kier molecular flexibility index (Phi) is 2.97. The van der Waals surface area contributed by atoms with Crippen LogP contribution in [0.1, 0.15) is 36.9 Å². The lowest BCUT2D eigenvalue weighted by Crippen LogP contribution is -2.43. The third kappa shape index (κ3) is 2.14. The molecule has 2 aliphatic rings. The fraction of sp³-hybridized carbons (Fsp3) is 0.692. The predicted octanol–water partition coefficient (Wildman–Crippen LogP) is 1.28. The molecule has 0 amide bonds. The summed E-state index contributed by atoms with van der Waals surface area (Å²) >= 11 is 0. The predicted molar refractivity (Wildman–Crippen MR) is 68.1 cm³/mol. The summed E-state index contributed by atoms with van der Waals surface area (Å²) in [5, 5.41) is 0. The summed E-state index contributed by atoms with van der Waals surface area (Å²) in [5.74, 6) is 1.16. The smallest absolute Gasteiger partial charge is 0.135 e. The summed E-state index contributed by atoms with van der Waals surface area (Å²) in [6.07, 6.45) is 8.83. The first kappa shape index (κ1) is 11.0. The first-order valence-electron chi connectivity index (χ1n) is 6.68. The second kappa shape index (κ2) is 4.61. The molecule has 4 heteroatoms. The molecule has 1 aliphatic heterocycles. The highest BCUT2D eigenvalue weighted by Gasteiger charge is 2.23. The van der Waals surface area contributed by atoms with Crippen molar-refractivity contribution in [2.75, 3.05) is 18.0 Å². The van der Waals surface area contributed by atoms with E-state index < -0.39 is 0 Å². The van der Waals surface area contributed by atoms with E-state index in [2.05, 4.69) is 14.9 Å². The van der Waals surface area contributed by atoms with Gasteiger partial charge in [0, 0.05) is 30.4 Å². The van der Waals surface area contributed by atoms with Crippen molar-refractivity contribution in [2.45, 2.75) is 44.6 Å². The fourth-order valence-electron chi connectivity index (χ4n) is 2.98. The van der Waals surface area contributed by atoms with Gasteiger partial charge in [-0.05, 0) is 38.5 Å². The molecule has 0 spiro atoms. The van der Waals surface area contributed by atoms with Crippen LogP contribution in [-0.2, 0) is 12.8 Å². The lowest BCUT2D eigenvalue weighted by atomic mass is 9.95. The number of hydrogen-bond acceptors (Lipinski definition) is 4. The Morgan fingerprint density at radius 3 is 2.94 bits per heavy atom. The van der Waals surface area contributed by atoms with Crippen LogP contribution in [0.3, 0.4) is 0 Å². The molecule has 17 heavy (non-hydrogen) atoms. The normalized spacial score (nSPS) is 24.5. The third-order valence-corrected chi connectivity index (χ3v) is 3.86. The maximum atomic E-state index is 6.05. The van der Waals surface area contributed by atoms with Crippen LogP contribution >= 0.6 is 0 Å². The number of aryl methyl sites for hydroxylation is 1. The molecular formula is C13H20N4. The molecular weight excluding hydrogens is 212 g/mol. The van der Waals surface area contributed by atoms with E-state index in [1.807, 2.05) is 0 Å². The Morgan fingerprint density at radius 1 is 1.18 bits per heavy atom. The number of aromatic nitrogens is 2. The first-order chi connectivity index (χ1) is 8.34. The first-order valence-corrected chi connectivity index (χ1v) is 6.68. The molecule has 0 aromatic carbocycles. The molecule has 1 aromatic heterocycles. The zero-order valence-electron chi connectivity index (χ0n) is 10.2. The zero-order valence-corrected chi connectivity index (χ0v) is 10.2. The van der Waals surface area contributed by atoms with Crippen molar-refractivity contribution in [1.29, 1.82) is 0 Å². The van der Waals surface area contributed by atoms with Gasteiger partial charge in [0.05, 0.1) is 0 Å². The summed E-state index contributed by atoms with van der Waals surface area (Å²) < 4.78 is 0. The van der Waals surface area contributed by atoms with Gasteiger partial charge in [-0.25, -0.2) is 9.97 Å². The molecule has 0 radical (unpaired) electrons. The average molecular weight is 232 g/mol. The summed E-state index contributed by atoms with van der Waals surface area (Å²) in [7, 11) is 0. The van der Waals surface area contributed by atoms with Gasteiger partial charge in [-0.2, -0.15) is 0 Å². The Morgan fingerprint density at radius 2 is 2.06 bits per heavy atom. The Balaban J connectivity index is 1.91. The van der Waals surface area contributed by atoms with E-state index in [1.54, 1.807) is 6.33 Å². The van der Waals surface area contributed by atoms with Crippen molar-refractivity contribution in [3.63, 3.8) is 0 Å². The van der Waals surface area contributed by atoms with Gasteiger partial charge >= 0.3 is 0 Å². The molecule has 2 heterocycles. The van der Waals surface area contributed by atoms with E-state index >= 15 is 0 Å². The largest absolute Gasteiger partial charge is 0.355 e. The number of nitrogens with zero attached hydrogens (tertiary/aromatic N) is 3. The highest BCUT2D eigenvalue weighted by molar-refractivity contribution is 5.50. The minimum Gasteiger partial charge on any atom is -0.355 e. The van der Waals surface area contributed by atoms with Crippen molar-refractivity contribution in [1.82, 2.24) is 9.97 Å². The minimum atomic E-state index is 0.304. The third-order valence-electron chi connectivity index (χ3n) is 3.86. The second-order valence-corrected chi connectivity index (χ2v) is 5.18. The van der Waals surface area contributed by atoms with E-state index in [0.717, 1.165) is 38.2 Å². The summed E-state index contributed by atoms with van der Waals surface area (Å²) in [6.45, 7) is 2.04. The molecule has 92 valence electrons. The number of nitrogens with two attached hydrogens (primary N) is 1. The molecule has 1 aliphatic carbocycles. The molecule has 1 fully saturated rings. The van der Waals surface area contributed by atoms with E-state index in [-0.39, 0.29) is 0 Å². The summed E-state index contributed by atoms with van der Waals surface area (Å²) in [5.41, 5.74) is 8.70. The van der Waals surface area contributed by atoms with Crippen LogP contribution < -0.4 is 10.6 Å². The molecule has 0 bridgehead atoms. The van der Waals surface area contributed by atoms with Crippen molar-refractivity contribution >= 4 is 5.82 Å². The lowest BCUT2D eigenvalue weighted by Gasteiger charge is -2.33. The molecule has 1 aromatic rings. The van der Waals surface area contributed by atoms with Crippen LogP contribution in [0.4, 0.5) is 5.82 Å². The standard InChI is InChI=1S/C13H20N4/c14-10-4-3-7-17(8-10)13-11-5-1-2-6-12(11)15-9-16-13/h9-10H,1-8,14H2. The average Bonchev–Trinajstić information content (AvgIpc) is 2.38. The van der Waals surface area contributed by atoms with Crippen LogP contribution in [0.25, 0.3) is 0 Å². The van der Waals surface area contributed by atoms with Crippen LogP contribution in [0.15, 0.2) is 6.33 Å². The Hall–Kier alpha value is -1.16. The maximum absolute atomic E-state index is 6.05. The van der Waals surface area contributed by atoms with Gasteiger partial charge in [-0.1, -0.05) is 0 Å². The number of piperidine rings is 1. The van der Waals surface area contributed by atoms with Crippen molar-refractivity contribution in [3.05, 3.63) is 17.6 Å². The van der Waals surface area contributed by atoms with Crippen molar-refractivity contribution in [2.24, 2.45) is 5.73 Å². The number of fused-ring (bicyclic) bond motifs is 1. The topological polar surface area (TPSA) is 55.0 Å². The number of rotatable bonds is 1. The number of anilines is 1. The van der Waals surface area contributed by atoms with Crippen LogP contribution in [0.2, 0.25) is 0 Å². The molecule has 2 N–H and O–H groups in total. The molecule has 4 nitrogen and oxygen atoms in total. The second-order valence-electron chi connectivity index (χ2n) is 5.18. The Bertz CT molecular complexity index is 404. The van der Waals surface area contributed by atoms with Gasteiger partial charge < -0.3 is 10.6 Å². The highest BCUT2D eigenvalue weighted by Crippen LogP contribution is 2.28. The minimum absolute atomic E-state index is 0.304. The lowest BCUT2D eigenvalue weighted by molar-refractivity contribution is 0.500. The zero-order chi connectivity index (χ0) is 11.7. The van der Waals surface area contributed by atoms with Crippen LogP contribution in [0.5, 0.6) is 0 Å². The molecule has 1 unspecified atom stereocenters.